The van der Waals surface area contributed by atoms with E-state index in [0.717, 1.165) is 51.6 Å². The van der Waals surface area contributed by atoms with Crippen LogP contribution in [0, 0.1) is 5.92 Å². The van der Waals surface area contributed by atoms with Gasteiger partial charge >= 0.3 is 6.18 Å². The van der Waals surface area contributed by atoms with E-state index in [4.69, 9.17) is 5.73 Å². The highest BCUT2D eigenvalue weighted by molar-refractivity contribution is 5.74. The van der Waals surface area contributed by atoms with Crippen molar-refractivity contribution in [2.24, 2.45) is 11.7 Å². The highest BCUT2D eigenvalue weighted by atomic mass is 19.4. The first-order valence-electron chi connectivity index (χ1n) is 10.4. The standard InChI is InChI=1S/C21H31F3N4O/c1-15(2)14-27-8-10-28(11-9-27)20(6-7-20)13-16(12-19(25)29)17-4-3-5-18(26-17)21(22,23)24/h3-5,15-16H,6-14H2,1-2H3,(H2,25,29). The van der Waals surface area contributed by atoms with Crippen molar-refractivity contribution < 1.29 is 18.0 Å². The lowest BCUT2D eigenvalue weighted by Crippen LogP contribution is -2.52. The SMILES string of the molecule is CC(C)CN1CCN(C2(CC(CC(N)=O)c3cccc(C(F)(F)F)n3)CC2)CC1. The second-order valence-electron chi connectivity index (χ2n) is 8.92. The van der Waals surface area contributed by atoms with Gasteiger partial charge in [-0.2, -0.15) is 13.2 Å². The van der Waals surface area contributed by atoms with Crippen molar-refractivity contribution in [1.29, 1.82) is 0 Å². The van der Waals surface area contributed by atoms with Crippen LogP contribution in [0.5, 0.6) is 0 Å². The van der Waals surface area contributed by atoms with E-state index in [1.54, 1.807) is 6.07 Å². The molecule has 2 N–H and O–H groups in total. The van der Waals surface area contributed by atoms with E-state index in [1.807, 2.05) is 0 Å². The molecule has 1 saturated heterocycles. The fraction of sp³-hybridized carbons (Fsp3) is 0.714. The zero-order chi connectivity index (χ0) is 21.2. The molecule has 2 aliphatic rings. The number of carbonyl (C=O) groups is 1. The Morgan fingerprint density at radius 2 is 1.86 bits per heavy atom. The molecule has 0 aromatic carbocycles. The molecule has 1 aliphatic carbocycles. The van der Waals surface area contributed by atoms with E-state index in [0.29, 0.717) is 18.0 Å². The van der Waals surface area contributed by atoms with E-state index < -0.39 is 23.7 Å². The van der Waals surface area contributed by atoms with E-state index in [2.05, 4.69) is 28.6 Å². The molecule has 1 aromatic heterocycles. The van der Waals surface area contributed by atoms with Gasteiger partial charge in [0, 0.05) is 56.3 Å². The fourth-order valence-electron chi connectivity index (χ4n) is 4.53. The van der Waals surface area contributed by atoms with E-state index in [1.165, 1.54) is 6.07 Å². The summed E-state index contributed by atoms with van der Waals surface area (Å²) >= 11 is 0. The van der Waals surface area contributed by atoms with Crippen molar-refractivity contribution in [3.05, 3.63) is 29.6 Å². The van der Waals surface area contributed by atoms with Gasteiger partial charge in [0.25, 0.3) is 0 Å². The summed E-state index contributed by atoms with van der Waals surface area (Å²) in [5, 5.41) is 0. The van der Waals surface area contributed by atoms with E-state index in [-0.39, 0.29) is 12.0 Å². The van der Waals surface area contributed by atoms with Crippen molar-refractivity contribution >= 4 is 5.91 Å². The molecule has 2 heterocycles. The smallest absolute Gasteiger partial charge is 0.370 e. The molecule has 0 radical (unpaired) electrons. The lowest BCUT2D eigenvalue weighted by molar-refractivity contribution is -0.141. The van der Waals surface area contributed by atoms with Crippen LogP contribution in [-0.4, -0.2) is 59.0 Å². The molecule has 1 atom stereocenters. The first-order valence-corrected chi connectivity index (χ1v) is 10.4. The van der Waals surface area contributed by atoms with Crippen LogP contribution in [0.1, 0.15) is 56.8 Å². The Morgan fingerprint density at radius 1 is 1.21 bits per heavy atom. The Labute approximate surface area is 170 Å². The Morgan fingerprint density at radius 3 is 2.38 bits per heavy atom. The molecule has 1 aliphatic heterocycles. The normalized spacial score (nSPS) is 21.3. The topological polar surface area (TPSA) is 62.5 Å². The number of hydrogen-bond donors (Lipinski definition) is 1. The Balaban J connectivity index is 1.72. The number of aromatic nitrogens is 1. The number of hydrogen-bond acceptors (Lipinski definition) is 4. The predicted octanol–water partition coefficient (Wildman–Crippen LogP) is 3.26. The number of rotatable bonds is 8. The van der Waals surface area contributed by atoms with Crippen molar-refractivity contribution in [3.8, 4) is 0 Å². The minimum Gasteiger partial charge on any atom is -0.370 e. The van der Waals surface area contributed by atoms with Crippen LogP contribution in [0.3, 0.4) is 0 Å². The molecule has 5 nitrogen and oxygen atoms in total. The summed E-state index contributed by atoms with van der Waals surface area (Å²) in [6.07, 6.45) is -1.86. The first kappa shape index (κ1) is 22.0. The molecule has 29 heavy (non-hydrogen) atoms. The Hall–Kier alpha value is -1.67. The van der Waals surface area contributed by atoms with Gasteiger partial charge in [-0.1, -0.05) is 19.9 Å². The van der Waals surface area contributed by atoms with Gasteiger partial charge in [0.05, 0.1) is 0 Å². The summed E-state index contributed by atoms with van der Waals surface area (Å²) in [4.78, 5) is 20.4. The molecule has 3 rings (SSSR count). The van der Waals surface area contributed by atoms with Gasteiger partial charge in [-0.3, -0.25) is 9.69 Å². The van der Waals surface area contributed by atoms with Crippen molar-refractivity contribution in [1.82, 2.24) is 14.8 Å². The Bertz CT molecular complexity index is 710. The number of alkyl halides is 3. The summed E-state index contributed by atoms with van der Waals surface area (Å²) in [5.74, 6) is -0.277. The maximum atomic E-state index is 13.1. The van der Waals surface area contributed by atoms with Gasteiger partial charge < -0.3 is 10.6 Å². The molecule has 0 spiro atoms. The largest absolute Gasteiger partial charge is 0.433 e. The lowest BCUT2D eigenvalue weighted by Gasteiger charge is -2.41. The number of halogens is 3. The number of primary amides is 1. The molecule has 0 bridgehead atoms. The highest BCUT2D eigenvalue weighted by Crippen LogP contribution is 2.49. The summed E-state index contributed by atoms with van der Waals surface area (Å²) < 4.78 is 39.3. The van der Waals surface area contributed by atoms with Gasteiger partial charge in [0.2, 0.25) is 5.91 Å². The lowest BCUT2D eigenvalue weighted by atomic mass is 9.89. The van der Waals surface area contributed by atoms with Crippen molar-refractivity contribution in [3.63, 3.8) is 0 Å². The average molecular weight is 413 g/mol. The van der Waals surface area contributed by atoms with E-state index in [9.17, 15) is 18.0 Å². The monoisotopic (exact) mass is 412 g/mol. The van der Waals surface area contributed by atoms with Gasteiger partial charge in [-0.15, -0.1) is 0 Å². The molecule has 8 heteroatoms. The molecule has 2 fully saturated rings. The molecule has 1 unspecified atom stereocenters. The van der Waals surface area contributed by atoms with Crippen LogP contribution < -0.4 is 5.73 Å². The second kappa shape index (κ2) is 8.60. The fourth-order valence-corrected chi connectivity index (χ4v) is 4.53. The maximum absolute atomic E-state index is 13.1. The molecule has 1 saturated carbocycles. The van der Waals surface area contributed by atoms with Crippen LogP contribution in [0.15, 0.2) is 18.2 Å². The maximum Gasteiger partial charge on any atom is 0.433 e. The predicted molar refractivity (Wildman–Crippen MR) is 105 cm³/mol. The van der Waals surface area contributed by atoms with Gasteiger partial charge in [-0.25, -0.2) is 4.98 Å². The molecular weight excluding hydrogens is 381 g/mol. The number of carbonyl (C=O) groups excluding carboxylic acids is 1. The van der Waals surface area contributed by atoms with Gasteiger partial charge in [0.15, 0.2) is 0 Å². The summed E-state index contributed by atoms with van der Waals surface area (Å²) in [6.45, 7) is 9.41. The zero-order valence-corrected chi connectivity index (χ0v) is 17.2. The summed E-state index contributed by atoms with van der Waals surface area (Å²) in [7, 11) is 0. The minimum atomic E-state index is -4.50. The quantitative estimate of drug-likeness (QED) is 0.712. The molecular formula is C21H31F3N4O. The van der Waals surface area contributed by atoms with Crippen LogP contribution in [0.4, 0.5) is 13.2 Å². The van der Waals surface area contributed by atoms with Gasteiger partial charge in [0.1, 0.15) is 5.69 Å². The second-order valence-corrected chi connectivity index (χ2v) is 8.92. The van der Waals surface area contributed by atoms with Crippen molar-refractivity contribution in [2.75, 3.05) is 32.7 Å². The van der Waals surface area contributed by atoms with Crippen LogP contribution >= 0.6 is 0 Å². The number of piperazine rings is 1. The summed E-state index contributed by atoms with van der Waals surface area (Å²) in [5.41, 5.74) is 4.77. The number of pyridine rings is 1. The number of amides is 1. The number of nitrogens with two attached hydrogens (primary N) is 1. The third-order valence-corrected chi connectivity index (χ3v) is 6.05. The summed E-state index contributed by atoms with van der Waals surface area (Å²) in [6, 6.07) is 3.91. The van der Waals surface area contributed by atoms with Crippen LogP contribution in [0.2, 0.25) is 0 Å². The van der Waals surface area contributed by atoms with Crippen LogP contribution in [-0.2, 0) is 11.0 Å². The third kappa shape index (κ3) is 5.69. The van der Waals surface area contributed by atoms with Gasteiger partial charge in [-0.05, 0) is 37.3 Å². The van der Waals surface area contributed by atoms with Crippen molar-refractivity contribution in [2.45, 2.75) is 57.2 Å². The molecule has 1 aromatic rings. The Kier molecular flexibility index (Phi) is 6.53. The zero-order valence-electron chi connectivity index (χ0n) is 17.2. The molecule has 162 valence electrons. The van der Waals surface area contributed by atoms with Crippen LogP contribution in [0.25, 0.3) is 0 Å². The third-order valence-electron chi connectivity index (χ3n) is 6.05. The molecule has 1 amide bonds. The minimum absolute atomic E-state index is 0.0172. The first-order chi connectivity index (χ1) is 13.6. The average Bonchev–Trinajstić information content (AvgIpc) is 3.41. The van der Waals surface area contributed by atoms with E-state index >= 15 is 0 Å². The number of nitrogens with zero attached hydrogens (tertiary/aromatic N) is 3. The highest BCUT2D eigenvalue weighted by Gasteiger charge is 2.50.